The van der Waals surface area contributed by atoms with Crippen molar-refractivity contribution in [3.8, 4) is 0 Å². The first-order chi connectivity index (χ1) is 13.3. The maximum absolute atomic E-state index is 13.1. The van der Waals surface area contributed by atoms with E-state index in [0.717, 1.165) is 55.1 Å². The molecule has 1 aliphatic heterocycles. The Labute approximate surface area is 166 Å². The minimum absolute atomic E-state index is 0.0289. The largest absolute Gasteiger partial charge is 0.331 e. The van der Waals surface area contributed by atoms with Crippen LogP contribution in [0.25, 0.3) is 0 Å². The normalized spacial score (nSPS) is 16.7. The van der Waals surface area contributed by atoms with Crippen LogP contribution < -0.4 is 5.32 Å². The summed E-state index contributed by atoms with van der Waals surface area (Å²) in [6, 6.07) is 6.53. The highest BCUT2D eigenvalue weighted by molar-refractivity contribution is 5.74. The number of hydrogen-bond donors (Lipinski definition) is 1. The summed E-state index contributed by atoms with van der Waals surface area (Å²) in [5, 5.41) is 7.58. The van der Waals surface area contributed by atoms with E-state index in [0.29, 0.717) is 6.54 Å². The number of urea groups is 1. The lowest BCUT2D eigenvalue weighted by molar-refractivity contribution is 0.194. The lowest BCUT2D eigenvalue weighted by Crippen LogP contribution is -2.43. The predicted octanol–water partition coefficient (Wildman–Crippen LogP) is 3.15. The molecule has 2 amide bonds. The highest BCUT2D eigenvalue weighted by Crippen LogP contribution is 2.21. The molecule has 0 bridgehead atoms. The van der Waals surface area contributed by atoms with E-state index in [-0.39, 0.29) is 17.9 Å². The molecule has 0 spiro atoms. The fourth-order valence-corrected chi connectivity index (χ4v) is 3.95. The van der Waals surface area contributed by atoms with Gasteiger partial charge in [-0.15, -0.1) is 0 Å². The van der Waals surface area contributed by atoms with E-state index in [1.807, 2.05) is 49.5 Å². The number of aryl methyl sites for hydroxylation is 2. The third-order valence-electron chi connectivity index (χ3n) is 5.53. The quantitative estimate of drug-likeness (QED) is 0.877. The summed E-state index contributed by atoms with van der Waals surface area (Å²) in [5.41, 5.74) is 4.21. The smallest absolute Gasteiger partial charge is 0.317 e. The minimum Gasteiger partial charge on any atom is -0.331 e. The van der Waals surface area contributed by atoms with Gasteiger partial charge in [0.15, 0.2) is 0 Å². The Bertz CT molecular complexity index is 817. The van der Waals surface area contributed by atoms with Crippen LogP contribution in [0.2, 0.25) is 0 Å². The first-order valence-electron chi connectivity index (χ1n) is 9.87. The first kappa shape index (κ1) is 20.3. The first-order valence-corrected chi connectivity index (χ1v) is 9.87. The second kappa shape index (κ2) is 8.73. The molecule has 2 heterocycles. The molecule has 0 unspecified atom stereocenters. The Balaban J connectivity index is 1.55. The average Bonchev–Trinajstić information content (AvgIpc) is 2.81. The van der Waals surface area contributed by atoms with Crippen LogP contribution in [0.4, 0.5) is 9.18 Å². The molecule has 1 aromatic carbocycles. The number of carbonyl (C=O) groups is 1. The molecule has 1 atom stereocenters. The molecule has 1 aromatic heterocycles. The van der Waals surface area contributed by atoms with Gasteiger partial charge in [0.05, 0.1) is 11.7 Å². The van der Waals surface area contributed by atoms with Gasteiger partial charge >= 0.3 is 6.03 Å². The molecule has 0 saturated carbocycles. The molecule has 2 aromatic rings. The zero-order chi connectivity index (χ0) is 20.3. The van der Waals surface area contributed by atoms with Crippen molar-refractivity contribution in [3.05, 3.63) is 52.6 Å². The van der Waals surface area contributed by atoms with E-state index in [2.05, 4.69) is 15.3 Å². The van der Waals surface area contributed by atoms with Crippen molar-refractivity contribution in [2.75, 3.05) is 26.2 Å². The van der Waals surface area contributed by atoms with Crippen molar-refractivity contribution in [2.45, 2.75) is 39.8 Å². The van der Waals surface area contributed by atoms with Crippen LogP contribution in [-0.2, 0) is 13.6 Å². The highest BCUT2D eigenvalue weighted by atomic mass is 19.1. The maximum Gasteiger partial charge on any atom is 0.317 e. The third-order valence-corrected chi connectivity index (χ3v) is 5.53. The van der Waals surface area contributed by atoms with Gasteiger partial charge in [0.25, 0.3) is 0 Å². The highest BCUT2D eigenvalue weighted by Gasteiger charge is 2.23. The molecule has 3 rings (SSSR count). The molecule has 28 heavy (non-hydrogen) atoms. The fraction of sp³-hybridized carbons (Fsp3) is 0.524. The van der Waals surface area contributed by atoms with E-state index in [1.54, 1.807) is 0 Å². The standard InChI is InChI=1S/C21H30FN5O/c1-15(20-16(2)24-25(4)17(20)3)23-21(28)27-11-5-10-26(12-13-27)14-18-6-8-19(22)9-7-18/h6-9,15H,5,10-14H2,1-4H3,(H,23,28)/t15-/m0/s1. The minimum atomic E-state index is -0.212. The number of amides is 2. The van der Waals surface area contributed by atoms with Gasteiger partial charge in [0.1, 0.15) is 5.82 Å². The Kier molecular flexibility index (Phi) is 6.34. The monoisotopic (exact) mass is 387 g/mol. The summed E-state index contributed by atoms with van der Waals surface area (Å²) in [7, 11) is 1.92. The number of hydrogen-bond acceptors (Lipinski definition) is 3. The van der Waals surface area contributed by atoms with Crippen LogP contribution in [0.3, 0.4) is 0 Å². The zero-order valence-electron chi connectivity index (χ0n) is 17.2. The van der Waals surface area contributed by atoms with Gasteiger partial charge in [-0.1, -0.05) is 12.1 Å². The van der Waals surface area contributed by atoms with Gasteiger partial charge in [-0.3, -0.25) is 9.58 Å². The topological polar surface area (TPSA) is 53.4 Å². The summed E-state index contributed by atoms with van der Waals surface area (Å²) in [4.78, 5) is 17.0. The van der Waals surface area contributed by atoms with Gasteiger partial charge < -0.3 is 10.2 Å². The van der Waals surface area contributed by atoms with Crippen LogP contribution in [0, 0.1) is 19.7 Å². The Morgan fingerprint density at radius 1 is 1.18 bits per heavy atom. The number of carbonyl (C=O) groups excluding carboxylic acids is 1. The number of benzene rings is 1. The average molecular weight is 388 g/mol. The van der Waals surface area contributed by atoms with Gasteiger partial charge in [-0.25, -0.2) is 9.18 Å². The van der Waals surface area contributed by atoms with Gasteiger partial charge in [0.2, 0.25) is 0 Å². The van der Waals surface area contributed by atoms with Crippen LogP contribution >= 0.6 is 0 Å². The summed E-state index contributed by atoms with van der Waals surface area (Å²) >= 11 is 0. The molecule has 1 aliphatic rings. The number of nitrogens with zero attached hydrogens (tertiary/aromatic N) is 4. The van der Waals surface area contributed by atoms with E-state index >= 15 is 0 Å². The SMILES string of the molecule is Cc1nn(C)c(C)c1[C@H](C)NC(=O)N1CCCN(Cc2ccc(F)cc2)CC1. The van der Waals surface area contributed by atoms with Crippen molar-refractivity contribution in [1.82, 2.24) is 24.9 Å². The van der Waals surface area contributed by atoms with E-state index in [4.69, 9.17) is 0 Å². The Morgan fingerprint density at radius 3 is 2.54 bits per heavy atom. The van der Waals surface area contributed by atoms with Crippen molar-refractivity contribution >= 4 is 6.03 Å². The molecule has 1 fully saturated rings. The molecule has 1 saturated heterocycles. The van der Waals surface area contributed by atoms with Crippen LogP contribution in [0.15, 0.2) is 24.3 Å². The number of halogens is 1. The zero-order valence-corrected chi connectivity index (χ0v) is 17.2. The van der Waals surface area contributed by atoms with E-state index in [9.17, 15) is 9.18 Å². The van der Waals surface area contributed by atoms with Crippen LogP contribution in [0.1, 0.15) is 41.9 Å². The second-order valence-electron chi connectivity index (χ2n) is 7.62. The summed E-state index contributed by atoms with van der Waals surface area (Å²) in [5.74, 6) is -0.212. The lowest BCUT2D eigenvalue weighted by Gasteiger charge is -2.24. The van der Waals surface area contributed by atoms with Crippen molar-refractivity contribution < 1.29 is 9.18 Å². The van der Waals surface area contributed by atoms with Crippen molar-refractivity contribution in [3.63, 3.8) is 0 Å². The number of aromatic nitrogens is 2. The summed E-state index contributed by atoms with van der Waals surface area (Å²) in [6.45, 7) is 9.95. The second-order valence-corrected chi connectivity index (χ2v) is 7.62. The Morgan fingerprint density at radius 2 is 1.89 bits per heavy atom. The summed E-state index contributed by atoms with van der Waals surface area (Å²) in [6.07, 6.45) is 0.925. The molecule has 0 aliphatic carbocycles. The molecule has 7 heteroatoms. The molecule has 1 N–H and O–H groups in total. The maximum atomic E-state index is 13.1. The van der Waals surface area contributed by atoms with Crippen LogP contribution in [-0.4, -0.2) is 51.8 Å². The van der Waals surface area contributed by atoms with Crippen molar-refractivity contribution in [2.24, 2.45) is 7.05 Å². The van der Waals surface area contributed by atoms with E-state index < -0.39 is 0 Å². The Hall–Kier alpha value is -2.41. The molecular weight excluding hydrogens is 357 g/mol. The molecule has 152 valence electrons. The predicted molar refractivity (Wildman–Crippen MR) is 107 cm³/mol. The van der Waals surface area contributed by atoms with Crippen LogP contribution in [0.5, 0.6) is 0 Å². The van der Waals surface area contributed by atoms with E-state index in [1.165, 1.54) is 12.1 Å². The fourth-order valence-electron chi connectivity index (χ4n) is 3.95. The number of rotatable bonds is 4. The van der Waals surface area contributed by atoms with Gasteiger partial charge in [-0.2, -0.15) is 5.10 Å². The van der Waals surface area contributed by atoms with Gasteiger partial charge in [0, 0.05) is 51.0 Å². The van der Waals surface area contributed by atoms with Crippen molar-refractivity contribution in [1.29, 1.82) is 0 Å². The number of nitrogens with one attached hydrogen (secondary N) is 1. The summed E-state index contributed by atoms with van der Waals surface area (Å²) < 4.78 is 14.9. The third kappa shape index (κ3) is 4.70. The lowest BCUT2D eigenvalue weighted by atomic mass is 10.1. The molecule has 6 nitrogen and oxygen atoms in total. The molecule has 0 radical (unpaired) electrons. The molecular formula is C21H30FN5O. The van der Waals surface area contributed by atoms with Gasteiger partial charge in [-0.05, 0) is 44.9 Å².